The van der Waals surface area contributed by atoms with E-state index in [2.05, 4.69) is 16.9 Å². The number of aromatic nitrogens is 3. The number of carbonyl (C=O) groups excluding carboxylic acids is 1. The molecule has 4 heterocycles. The fourth-order valence-electron chi connectivity index (χ4n) is 6.79. The number of nitrogens with zero attached hydrogens (tertiary/aromatic N) is 2. The maximum atomic E-state index is 15.1. The Hall–Kier alpha value is -2.60. The molecule has 2 unspecified atom stereocenters. The Morgan fingerprint density at radius 3 is 2.36 bits per heavy atom. The summed E-state index contributed by atoms with van der Waals surface area (Å²) < 4.78 is 97.0. The van der Waals surface area contributed by atoms with Crippen LogP contribution in [0, 0.1) is 0 Å². The summed E-state index contributed by atoms with van der Waals surface area (Å²) in [6.07, 6.45) is 3.94. The van der Waals surface area contributed by atoms with E-state index in [0.29, 0.717) is 12.8 Å². The zero-order chi connectivity index (χ0) is 38.8. The number of hydrogen-bond donors (Lipinski definition) is 4. The highest BCUT2D eigenvalue weighted by Gasteiger charge is 2.49. The lowest BCUT2D eigenvalue weighted by Gasteiger charge is -2.28. The molecule has 0 bridgehead atoms. The van der Waals surface area contributed by atoms with Crippen LogP contribution in [0.3, 0.4) is 0 Å². The standard InChI is InChI=1S/C34H54F4N5O9P/c1-4-5-6-7-8-9-10-11-12-13-14-15-16-26-27(52-33(2,3)51-26)25(40-31(45)34(36,37)38)21-49-53(46,47)48-20-22-19-24(35)30(50-22)43-18-17-23-28(43)41-32(39)42-29(23)44/h17-18,22,24-27,30H,4-16,19-21H2,1-3H3,(H,40,45)(H,46,47)(H3,39,41,42,44)/t22-,24?,25-,26+,27-,30+/m0/s1. The summed E-state index contributed by atoms with van der Waals surface area (Å²) in [5.74, 6) is -3.69. The lowest BCUT2D eigenvalue weighted by Crippen LogP contribution is -2.53. The first kappa shape index (κ1) is 43.1. The number of fused-ring (bicyclic) bond motifs is 1. The Bertz CT molecular complexity index is 1570. The molecule has 19 heteroatoms. The molecular formula is C34H54F4N5O9P. The minimum atomic E-state index is -5.25. The number of nitrogen functional groups attached to an aromatic ring is 1. The molecule has 7 atom stereocenters. The van der Waals surface area contributed by atoms with Crippen LogP contribution >= 0.6 is 7.82 Å². The molecule has 1 amide bonds. The number of anilines is 1. The number of carbonyl (C=O) groups is 1. The van der Waals surface area contributed by atoms with E-state index in [1.165, 1.54) is 61.8 Å². The number of hydrogen-bond acceptors (Lipinski definition) is 10. The molecule has 53 heavy (non-hydrogen) atoms. The summed E-state index contributed by atoms with van der Waals surface area (Å²) in [6.45, 7) is 3.84. The Balaban J connectivity index is 1.29. The van der Waals surface area contributed by atoms with Crippen LogP contribution in [-0.4, -0.2) is 81.0 Å². The van der Waals surface area contributed by atoms with Gasteiger partial charge < -0.3 is 34.7 Å². The van der Waals surface area contributed by atoms with Crippen LogP contribution in [0.4, 0.5) is 23.5 Å². The minimum Gasteiger partial charge on any atom is -0.369 e. The van der Waals surface area contributed by atoms with Crippen LogP contribution in [0.15, 0.2) is 17.1 Å². The van der Waals surface area contributed by atoms with Crippen LogP contribution in [0.5, 0.6) is 0 Å². The summed E-state index contributed by atoms with van der Waals surface area (Å²) in [5, 5.41) is 1.98. The van der Waals surface area contributed by atoms with E-state index in [0.717, 1.165) is 25.7 Å². The molecular weight excluding hydrogens is 729 g/mol. The number of alkyl halides is 4. The lowest BCUT2D eigenvalue weighted by molar-refractivity contribution is -0.177. The van der Waals surface area contributed by atoms with E-state index in [9.17, 15) is 32.2 Å². The quantitative estimate of drug-likeness (QED) is 0.0564. The van der Waals surface area contributed by atoms with Gasteiger partial charge in [0.05, 0.1) is 36.8 Å². The molecule has 4 rings (SSSR count). The van der Waals surface area contributed by atoms with Gasteiger partial charge in [-0.3, -0.25) is 23.6 Å². The van der Waals surface area contributed by atoms with Crippen LogP contribution in [-0.2, 0) is 32.6 Å². The van der Waals surface area contributed by atoms with Crippen molar-refractivity contribution < 1.29 is 55.1 Å². The van der Waals surface area contributed by atoms with Crippen molar-refractivity contribution in [1.29, 1.82) is 0 Å². The SMILES string of the molecule is CCCCCCCCCCCCCC[C@H]1OC(C)(C)O[C@H]1[C@H](COP(=O)(O)OC[C@@H]1CC(F)[C@H](n2ccc3c(=O)[nH]c(N)nc32)O1)NC(=O)C(F)(F)F. The number of H-pyrrole nitrogens is 1. The van der Waals surface area contributed by atoms with Crippen LogP contribution in [0.25, 0.3) is 11.0 Å². The fraction of sp³-hybridized carbons (Fsp3) is 0.794. The molecule has 2 fully saturated rings. The van der Waals surface area contributed by atoms with Crippen molar-refractivity contribution in [2.75, 3.05) is 18.9 Å². The highest BCUT2D eigenvalue weighted by atomic mass is 31.2. The van der Waals surface area contributed by atoms with Crippen molar-refractivity contribution in [2.45, 2.75) is 159 Å². The Morgan fingerprint density at radius 1 is 1.11 bits per heavy atom. The highest BCUT2D eigenvalue weighted by Crippen LogP contribution is 2.45. The van der Waals surface area contributed by atoms with Gasteiger partial charge in [-0.25, -0.2) is 8.96 Å². The van der Waals surface area contributed by atoms with Gasteiger partial charge in [-0.2, -0.15) is 18.2 Å². The van der Waals surface area contributed by atoms with Gasteiger partial charge in [0, 0.05) is 12.6 Å². The number of nitrogens with two attached hydrogens (primary N) is 1. The molecule has 2 aromatic heterocycles. The second-order valence-corrected chi connectivity index (χ2v) is 15.7. The molecule has 0 saturated carbocycles. The van der Waals surface area contributed by atoms with E-state index < -0.39 is 81.2 Å². The maximum absolute atomic E-state index is 15.1. The molecule has 2 aliphatic rings. The van der Waals surface area contributed by atoms with Crippen molar-refractivity contribution in [1.82, 2.24) is 19.9 Å². The fourth-order valence-corrected chi connectivity index (χ4v) is 7.57. The average Bonchev–Trinajstić information content (AvgIpc) is 3.75. The van der Waals surface area contributed by atoms with E-state index in [1.54, 1.807) is 13.8 Å². The van der Waals surface area contributed by atoms with Crippen LogP contribution in [0.2, 0.25) is 0 Å². The monoisotopic (exact) mass is 783 g/mol. The predicted octanol–water partition coefficient (Wildman–Crippen LogP) is 6.72. The van der Waals surface area contributed by atoms with Gasteiger partial charge in [0.2, 0.25) is 5.95 Å². The molecule has 2 saturated heterocycles. The average molecular weight is 784 g/mol. The van der Waals surface area contributed by atoms with Crippen LogP contribution in [0.1, 0.15) is 117 Å². The van der Waals surface area contributed by atoms with Crippen molar-refractivity contribution >= 4 is 30.7 Å². The van der Waals surface area contributed by atoms with Gasteiger partial charge >= 0.3 is 19.9 Å². The smallest absolute Gasteiger partial charge is 0.369 e. The first-order valence-electron chi connectivity index (χ1n) is 18.5. The lowest BCUT2D eigenvalue weighted by atomic mass is 9.99. The number of unbranched alkanes of at least 4 members (excludes halogenated alkanes) is 11. The van der Waals surface area contributed by atoms with Crippen LogP contribution < -0.4 is 16.6 Å². The second-order valence-electron chi connectivity index (χ2n) is 14.3. The summed E-state index contributed by atoms with van der Waals surface area (Å²) in [6, 6.07) is -0.141. The first-order chi connectivity index (χ1) is 25.0. The summed E-state index contributed by atoms with van der Waals surface area (Å²) in [4.78, 5) is 41.0. The predicted molar refractivity (Wildman–Crippen MR) is 187 cm³/mol. The number of phosphoric ester groups is 1. The van der Waals surface area contributed by atoms with Gasteiger partial charge in [0.25, 0.3) is 5.56 Å². The number of amides is 1. The molecule has 2 aliphatic heterocycles. The zero-order valence-corrected chi connectivity index (χ0v) is 31.5. The number of ether oxygens (including phenoxy) is 3. The zero-order valence-electron chi connectivity index (χ0n) is 30.6. The van der Waals surface area contributed by atoms with Crippen molar-refractivity contribution in [3.63, 3.8) is 0 Å². The summed E-state index contributed by atoms with van der Waals surface area (Å²) in [5.41, 5.74) is 5.17. The molecule has 0 aliphatic carbocycles. The van der Waals surface area contributed by atoms with E-state index >= 15 is 4.39 Å². The Morgan fingerprint density at radius 2 is 1.74 bits per heavy atom. The number of rotatable bonds is 22. The second kappa shape index (κ2) is 19.3. The van der Waals surface area contributed by atoms with Crippen molar-refractivity contribution in [2.24, 2.45) is 0 Å². The van der Waals surface area contributed by atoms with Crippen molar-refractivity contribution in [3.05, 3.63) is 22.6 Å². The summed E-state index contributed by atoms with van der Waals surface area (Å²) >= 11 is 0. The van der Waals surface area contributed by atoms with Gasteiger partial charge in [0.15, 0.2) is 17.7 Å². The van der Waals surface area contributed by atoms with Gasteiger partial charge in [-0.05, 0) is 26.3 Å². The molecule has 2 aromatic rings. The van der Waals surface area contributed by atoms with Gasteiger partial charge in [-0.1, -0.05) is 84.0 Å². The molecule has 5 N–H and O–H groups in total. The normalized spacial score (nSPS) is 24.8. The Kier molecular flexibility index (Phi) is 15.7. The van der Waals surface area contributed by atoms with Gasteiger partial charge in [-0.15, -0.1) is 0 Å². The molecule has 302 valence electrons. The molecule has 0 radical (unpaired) electrons. The third-order valence-electron chi connectivity index (χ3n) is 9.38. The number of nitrogens with one attached hydrogen (secondary N) is 2. The number of aromatic amines is 1. The first-order valence-corrected chi connectivity index (χ1v) is 20.0. The molecule has 0 spiro atoms. The van der Waals surface area contributed by atoms with Gasteiger partial charge in [0.1, 0.15) is 12.3 Å². The third-order valence-corrected chi connectivity index (χ3v) is 10.3. The minimum absolute atomic E-state index is 0.0713. The van der Waals surface area contributed by atoms with Crippen molar-refractivity contribution in [3.8, 4) is 0 Å². The number of halogens is 4. The highest BCUT2D eigenvalue weighted by molar-refractivity contribution is 7.47. The molecule has 0 aromatic carbocycles. The van der Waals surface area contributed by atoms with E-state index in [-0.39, 0.29) is 23.4 Å². The topological polar surface area (TPSA) is 189 Å². The Labute approximate surface area is 306 Å². The largest absolute Gasteiger partial charge is 0.472 e. The van der Waals surface area contributed by atoms with E-state index in [1.807, 2.05) is 5.32 Å². The third kappa shape index (κ3) is 13.0. The van der Waals surface area contributed by atoms with E-state index in [4.69, 9.17) is 29.0 Å². The maximum Gasteiger partial charge on any atom is 0.472 e. The summed E-state index contributed by atoms with van der Waals surface area (Å²) in [7, 11) is -4.99. The number of phosphoric acid groups is 1. The molecule has 14 nitrogen and oxygen atoms in total.